The van der Waals surface area contributed by atoms with Gasteiger partial charge in [-0.1, -0.05) is 48.5 Å². The summed E-state index contributed by atoms with van der Waals surface area (Å²) in [6, 6.07) is 15.8. The van der Waals surface area contributed by atoms with Crippen molar-refractivity contribution in [2.75, 3.05) is 6.54 Å². The first-order chi connectivity index (χ1) is 12.2. The predicted molar refractivity (Wildman–Crippen MR) is 94.4 cm³/mol. The van der Waals surface area contributed by atoms with Gasteiger partial charge in [-0.2, -0.15) is 0 Å². The molecule has 1 amide bonds. The van der Waals surface area contributed by atoms with E-state index in [0.717, 1.165) is 12.0 Å². The molecule has 0 aliphatic carbocycles. The highest BCUT2D eigenvalue weighted by Gasteiger charge is 2.31. The molecule has 1 saturated heterocycles. The Morgan fingerprint density at radius 3 is 2.56 bits per heavy atom. The van der Waals surface area contributed by atoms with Gasteiger partial charge >= 0.3 is 0 Å². The Hall–Kier alpha value is -2.24. The second kappa shape index (κ2) is 8.23. The van der Waals surface area contributed by atoms with Crippen molar-refractivity contribution in [1.29, 1.82) is 0 Å². The predicted octanol–water partition coefficient (Wildman–Crippen LogP) is 2.73. The molecule has 4 nitrogen and oxygen atoms in total. The van der Waals surface area contributed by atoms with Crippen LogP contribution in [0.4, 0.5) is 4.39 Å². The lowest BCUT2D eigenvalue weighted by atomic mass is 9.98. The number of nitrogens with one attached hydrogen (secondary N) is 1. The van der Waals surface area contributed by atoms with Crippen molar-refractivity contribution in [1.82, 2.24) is 5.32 Å². The van der Waals surface area contributed by atoms with Crippen molar-refractivity contribution in [3.63, 3.8) is 0 Å². The standard InChI is InChI=1S/C20H23FN2O2/c21-17-9-5-4-8-16(17)18(12-14-6-2-1-3-7-14)23-20(24)19-11-10-15(13-22)25-19/h1-9,15,18-19H,10-13,22H2,(H,23,24)/t15-,18?,19+/m1/s1. The molecule has 1 fully saturated rings. The molecule has 1 unspecified atom stereocenters. The Kier molecular flexibility index (Phi) is 5.79. The molecule has 0 saturated carbocycles. The van der Waals surface area contributed by atoms with Crippen LogP contribution in [0.2, 0.25) is 0 Å². The topological polar surface area (TPSA) is 64.4 Å². The minimum absolute atomic E-state index is 0.0724. The third-order valence-corrected chi connectivity index (χ3v) is 4.54. The molecule has 2 aromatic carbocycles. The largest absolute Gasteiger partial charge is 0.364 e. The van der Waals surface area contributed by atoms with Crippen molar-refractivity contribution in [3.05, 3.63) is 71.5 Å². The number of halogens is 1. The molecule has 3 atom stereocenters. The van der Waals surface area contributed by atoms with Crippen LogP contribution in [-0.2, 0) is 16.0 Å². The smallest absolute Gasteiger partial charge is 0.249 e. The van der Waals surface area contributed by atoms with Crippen molar-refractivity contribution in [2.24, 2.45) is 5.73 Å². The zero-order chi connectivity index (χ0) is 17.6. The van der Waals surface area contributed by atoms with Gasteiger partial charge in [-0.05, 0) is 30.9 Å². The van der Waals surface area contributed by atoms with Crippen LogP contribution >= 0.6 is 0 Å². The molecule has 0 bridgehead atoms. The number of hydrogen-bond donors (Lipinski definition) is 2. The van der Waals surface area contributed by atoms with Crippen LogP contribution < -0.4 is 11.1 Å². The van der Waals surface area contributed by atoms with E-state index in [1.54, 1.807) is 18.2 Å². The van der Waals surface area contributed by atoms with Crippen LogP contribution in [0, 0.1) is 5.82 Å². The first-order valence-electron chi connectivity index (χ1n) is 8.61. The molecule has 1 heterocycles. The summed E-state index contributed by atoms with van der Waals surface area (Å²) in [4.78, 5) is 12.6. The number of carbonyl (C=O) groups excluding carboxylic acids is 1. The number of rotatable bonds is 6. The first-order valence-corrected chi connectivity index (χ1v) is 8.61. The van der Waals surface area contributed by atoms with E-state index in [1.807, 2.05) is 30.3 Å². The van der Waals surface area contributed by atoms with E-state index >= 15 is 0 Å². The molecular formula is C20H23FN2O2. The molecular weight excluding hydrogens is 319 g/mol. The number of carbonyl (C=O) groups is 1. The van der Waals surface area contributed by atoms with Crippen molar-refractivity contribution in [3.8, 4) is 0 Å². The Bertz CT molecular complexity index is 708. The van der Waals surface area contributed by atoms with E-state index < -0.39 is 12.1 Å². The quantitative estimate of drug-likeness (QED) is 0.848. The maximum absolute atomic E-state index is 14.3. The highest BCUT2D eigenvalue weighted by Crippen LogP contribution is 2.24. The second-order valence-electron chi connectivity index (χ2n) is 6.33. The summed E-state index contributed by atoms with van der Waals surface area (Å²) in [5, 5.41) is 2.96. The van der Waals surface area contributed by atoms with Gasteiger partial charge in [0.1, 0.15) is 11.9 Å². The lowest BCUT2D eigenvalue weighted by Gasteiger charge is -2.22. The summed E-state index contributed by atoms with van der Waals surface area (Å²) >= 11 is 0. The molecule has 3 N–H and O–H groups in total. The maximum Gasteiger partial charge on any atom is 0.249 e. The second-order valence-corrected chi connectivity index (χ2v) is 6.33. The molecule has 3 rings (SSSR count). The van der Waals surface area contributed by atoms with Gasteiger partial charge in [0, 0.05) is 12.1 Å². The zero-order valence-corrected chi connectivity index (χ0v) is 14.0. The lowest BCUT2D eigenvalue weighted by molar-refractivity contribution is -0.132. The highest BCUT2D eigenvalue weighted by atomic mass is 19.1. The highest BCUT2D eigenvalue weighted by molar-refractivity contribution is 5.81. The SMILES string of the molecule is NC[C@H]1CC[C@@H](C(=O)NC(Cc2ccccc2)c2ccccc2F)O1. The minimum atomic E-state index is -0.515. The Morgan fingerprint density at radius 1 is 1.16 bits per heavy atom. The third kappa shape index (κ3) is 4.44. The van der Waals surface area contributed by atoms with Crippen LogP contribution in [0.1, 0.15) is 30.0 Å². The average molecular weight is 342 g/mol. The van der Waals surface area contributed by atoms with Gasteiger partial charge in [-0.15, -0.1) is 0 Å². The van der Waals surface area contributed by atoms with E-state index in [-0.39, 0.29) is 17.8 Å². The van der Waals surface area contributed by atoms with Gasteiger partial charge in [0.2, 0.25) is 5.91 Å². The number of benzene rings is 2. The number of hydrogen-bond acceptors (Lipinski definition) is 3. The Labute approximate surface area is 147 Å². The number of amides is 1. The van der Waals surface area contributed by atoms with E-state index in [0.29, 0.717) is 24.9 Å². The van der Waals surface area contributed by atoms with Crippen LogP contribution in [0.25, 0.3) is 0 Å². The minimum Gasteiger partial charge on any atom is -0.364 e. The summed E-state index contributed by atoms with van der Waals surface area (Å²) in [6.45, 7) is 0.407. The van der Waals surface area contributed by atoms with E-state index in [1.165, 1.54) is 6.07 Å². The van der Waals surface area contributed by atoms with Gasteiger partial charge in [0.25, 0.3) is 0 Å². The van der Waals surface area contributed by atoms with Gasteiger partial charge in [0.05, 0.1) is 12.1 Å². The lowest BCUT2D eigenvalue weighted by Crippen LogP contribution is -2.38. The van der Waals surface area contributed by atoms with Crippen molar-refractivity contribution in [2.45, 2.75) is 37.5 Å². The summed E-state index contributed by atoms with van der Waals surface area (Å²) < 4.78 is 19.9. The van der Waals surface area contributed by atoms with E-state index in [4.69, 9.17) is 10.5 Å². The molecule has 5 heteroatoms. The average Bonchev–Trinajstić information content (AvgIpc) is 3.12. The van der Waals surface area contributed by atoms with Crippen molar-refractivity contribution >= 4 is 5.91 Å². The van der Waals surface area contributed by atoms with Gasteiger partial charge in [-0.25, -0.2) is 4.39 Å². The maximum atomic E-state index is 14.3. The number of nitrogens with two attached hydrogens (primary N) is 1. The Morgan fingerprint density at radius 2 is 1.88 bits per heavy atom. The monoisotopic (exact) mass is 342 g/mol. The molecule has 2 aromatic rings. The fraction of sp³-hybridized carbons (Fsp3) is 0.350. The first kappa shape index (κ1) is 17.6. The molecule has 25 heavy (non-hydrogen) atoms. The summed E-state index contributed by atoms with van der Waals surface area (Å²) in [7, 11) is 0. The fourth-order valence-corrected chi connectivity index (χ4v) is 3.18. The normalized spacial score (nSPS) is 21.0. The summed E-state index contributed by atoms with van der Waals surface area (Å²) in [6.07, 6.45) is 1.34. The molecule has 0 aromatic heterocycles. The van der Waals surface area contributed by atoms with Gasteiger partial charge in [0.15, 0.2) is 0 Å². The van der Waals surface area contributed by atoms with Crippen LogP contribution in [0.5, 0.6) is 0 Å². The third-order valence-electron chi connectivity index (χ3n) is 4.54. The number of ether oxygens (including phenoxy) is 1. The van der Waals surface area contributed by atoms with Gasteiger partial charge in [-0.3, -0.25) is 4.79 Å². The Balaban J connectivity index is 1.77. The van der Waals surface area contributed by atoms with Crippen LogP contribution in [-0.4, -0.2) is 24.7 Å². The van der Waals surface area contributed by atoms with Gasteiger partial charge < -0.3 is 15.8 Å². The molecule has 132 valence electrons. The molecule has 1 aliphatic rings. The zero-order valence-electron chi connectivity index (χ0n) is 14.0. The fourth-order valence-electron chi connectivity index (χ4n) is 3.18. The molecule has 1 aliphatic heterocycles. The summed E-state index contributed by atoms with van der Waals surface area (Å²) in [5.41, 5.74) is 7.11. The summed E-state index contributed by atoms with van der Waals surface area (Å²) in [5.74, 6) is -0.531. The van der Waals surface area contributed by atoms with E-state index in [9.17, 15) is 9.18 Å². The van der Waals surface area contributed by atoms with Crippen molar-refractivity contribution < 1.29 is 13.9 Å². The molecule has 0 spiro atoms. The van der Waals surface area contributed by atoms with Crippen LogP contribution in [0.3, 0.4) is 0 Å². The van der Waals surface area contributed by atoms with E-state index in [2.05, 4.69) is 5.32 Å². The van der Waals surface area contributed by atoms with Crippen LogP contribution in [0.15, 0.2) is 54.6 Å². The molecule has 0 radical (unpaired) electrons.